The number of halogens is 1. The zero-order valence-corrected chi connectivity index (χ0v) is 17.2. The second kappa shape index (κ2) is 8.94. The average molecular weight is 452 g/mol. The van der Waals surface area contributed by atoms with Crippen molar-refractivity contribution in [1.29, 1.82) is 0 Å². The Balaban J connectivity index is 0.00000225. The average Bonchev–Trinajstić information content (AvgIpc) is 3.17. The lowest BCUT2D eigenvalue weighted by Crippen LogP contribution is -2.39. The topological polar surface area (TPSA) is 45.7 Å². The van der Waals surface area contributed by atoms with Crippen LogP contribution in [0, 0.1) is 0 Å². The summed E-state index contributed by atoms with van der Waals surface area (Å²) in [6.07, 6.45) is 2.88. The molecule has 25 heavy (non-hydrogen) atoms. The van der Waals surface area contributed by atoms with Crippen LogP contribution in [0.1, 0.15) is 11.5 Å². The molecule has 0 bridgehead atoms. The van der Waals surface area contributed by atoms with E-state index in [1.54, 1.807) is 0 Å². The number of aromatic nitrogens is 1. The van der Waals surface area contributed by atoms with Gasteiger partial charge in [-0.3, -0.25) is 4.99 Å². The lowest BCUT2D eigenvalue weighted by atomic mass is 10.2. The van der Waals surface area contributed by atoms with Gasteiger partial charge >= 0.3 is 0 Å². The number of furan rings is 1. The van der Waals surface area contributed by atoms with Gasteiger partial charge in [-0.25, -0.2) is 0 Å². The first-order valence-electron chi connectivity index (χ1n) is 8.17. The van der Waals surface area contributed by atoms with E-state index in [1.165, 1.54) is 5.69 Å². The molecule has 0 aliphatic carbocycles. The van der Waals surface area contributed by atoms with E-state index in [9.17, 15) is 0 Å². The molecule has 3 rings (SSSR count). The summed E-state index contributed by atoms with van der Waals surface area (Å²) in [4.78, 5) is 6.48. The maximum absolute atomic E-state index is 5.85. The van der Waals surface area contributed by atoms with Crippen molar-refractivity contribution in [2.45, 2.75) is 13.0 Å². The Kier molecular flexibility index (Phi) is 6.92. The third kappa shape index (κ3) is 4.78. The summed E-state index contributed by atoms with van der Waals surface area (Å²) in [5, 5.41) is 4.55. The SMILES string of the molecule is CN=C(NCCc1cc2ccccc2o1)N(C)Cc1cccn1C.I. The van der Waals surface area contributed by atoms with Crippen molar-refractivity contribution in [3.63, 3.8) is 0 Å². The van der Waals surface area contributed by atoms with Crippen LogP contribution in [0.25, 0.3) is 11.0 Å². The molecule has 0 spiro atoms. The molecular weight excluding hydrogens is 427 g/mol. The Morgan fingerprint density at radius 3 is 2.72 bits per heavy atom. The molecule has 1 N–H and O–H groups in total. The van der Waals surface area contributed by atoms with Gasteiger partial charge in [-0.05, 0) is 24.3 Å². The highest BCUT2D eigenvalue weighted by molar-refractivity contribution is 14.0. The molecule has 0 radical (unpaired) electrons. The summed E-state index contributed by atoms with van der Waals surface area (Å²) in [5.41, 5.74) is 2.19. The number of para-hydroxylation sites is 1. The van der Waals surface area contributed by atoms with Crippen molar-refractivity contribution in [2.24, 2.45) is 12.0 Å². The van der Waals surface area contributed by atoms with E-state index in [0.717, 1.165) is 42.2 Å². The summed E-state index contributed by atoms with van der Waals surface area (Å²) < 4.78 is 7.97. The van der Waals surface area contributed by atoms with Crippen LogP contribution in [0.15, 0.2) is 58.1 Å². The zero-order valence-electron chi connectivity index (χ0n) is 14.9. The Morgan fingerprint density at radius 2 is 2.04 bits per heavy atom. The fourth-order valence-electron chi connectivity index (χ4n) is 2.82. The number of hydrogen-bond donors (Lipinski definition) is 1. The first-order valence-corrected chi connectivity index (χ1v) is 8.17. The Morgan fingerprint density at radius 1 is 1.24 bits per heavy atom. The normalized spacial score (nSPS) is 11.4. The first kappa shape index (κ1) is 19.4. The lowest BCUT2D eigenvalue weighted by Gasteiger charge is -2.22. The third-order valence-corrected chi connectivity index (χ3v) is 4.15. The molecule has 0 amide bonds. The molecule has 2 aromatic heterocycles. The first-order chi connectivity index (χ1) is 11.7. The smallest absolute Gasteiger partial charge is 0.193 e. The van der Waals surface area contributed by atoms with Crippen LogP contribution >= 0.6 is 24.0 Å². The van der Waals surface area contributed by atoms with Gasteiger partial charge in [-0.15, -0.1) is 24.0 Å². The van der Waals surface area contributed by atoms with Gasteiger partial charge in [-0.2, -0.15) is 0 Å². The minimum Gasteiger partial charge on any atom is -0.461 e. The molecule has 0 saturated carbocycles. The van der Waals surface area contributed by atoms with Crippen molar-refractivity contribution >= 4 is 40.9 Å². The number of nitrogens with zero attached hydrogens (tertiary/aromatic N) is 3. The highest BCUT2D eigenvalue weighted by atomic mass is 127. The minimum absolute atomic E-state index is 0. The number of aliphatic imine (C=N–C) groups is 1. The van der Waals surface area contributed by atoms with E-state index >= 15 is 0 Å². The van der Waals surface area contributed by atoms with Crippen LogP contribution in [0.3, 0.4) is 0 Å². The molecule has 0 saturated heterocycles. The van der Waals surface area contributed by atoms with Gasteiger partial charge in [0.25, 0.3) is 0 Å². The fraction of sp³-hybridized carbons (Fsp3) is 0.316. The predicted molar refractivity (Wildman–Crippen MR) is 114 cm³/mol. The van der Waals surface area contributed by atoms with Crippen LogP contribution in [0.2, 0.25) is 0 Å². The van der Waals surface area contributed by atoms with Crippen LogP contribution in [0.5, 0.6) is 0 Å². The number of rotatable bonds is 5. The van der Waals surface area contributed by atoms with E-state index in [4.69, 9.17) is 4.42 Å². The number of benzene rings is 1. The van der Waals surface area contributed by atoms with Crippen LogP contribution in [0.4, 0.5) is 0 Å². The fourth-order valence-corrected chi connectivity index (χ4v) is 2.82. The number of guanidine groups is 1. The maximum atomic E-state index is 5.85. The highest BCUT2D eigenvalue weighted by Crippen LogP contribution is 2.18. The molecule has 0 aliphatic rings. The Hall–Kier alpha value is -1.96. The molecular formula is C19H25IN4O. The van der Waals surface area contributed by atoms with Gasteiger partial charge in [0.1, 0.15) is 11.3 Å². The largest absolute Gasteiger partial charge is 0.461 e. The Labute approximate surface area is 165 Å². The number of fused-ring (bicyclic) bond motifs is 1. The van der Waals surface area contributed by atoms with Gasteiger partial charge in [0.15, 0.2) is 5.96 Å². The predicted octanol–water partition coefficient (Wildman–Crippen LogP) is 3.64. The zero-order chi connectivity index (χ0) is 16.9. The monoisotopic (exact) mass is 452 g/mol. The summed E-state index contributed by atoms with van der Waals surface area (Å²) in [6, 6.07) is 14.4. The summed E-state index contributed by atoms with van der Waals surface area (Å²) in [6.45, 7) is 1.60. The summed E-state index contributed by atoms with van der Waals surface area (Å²) in [7, 11) is 5.91. The highest BCUT2D eigenvalue weighted by Gasteiger charge is 2.09. The van der Waals surface area contributed by atoms with E-state index < -0.39 is 0 Å². The molecule has 3 aromatic rings. The van der Waals surface area contributed by atoms with E-state index in [1.807, 2.05) is 32.3 Å². The molecule has 2 heterocycles. The molecule has 0 unspecified atom stereocenters. The second-order valence-electron chi connectivity index (χ2n) is 5.94. The van der Waals surface area contributed by atoms with E-state index in [2.05, 4.69) is 57.3 Å². The van der Waals surface area contributed by atoms with Gasteiger partial charge in [0.2, 0.25) is 0 Å². The van der Waals surface area contributed by atoms with E-state index in [0.29, 0.717) is 0 Å². The van der Waals surface area contributed by atoms with Crippen LogP contribution in [-0.2, 0) is 20.0 Å². The third-order valence-electron chi connectivity index (χ3n) is 4.15. The summed E-state index contributed by atoms with van der Waals surface area (Å²) in [5.74, 6) is 1.87. The van der Waals surface area contributed by atoms with Gasteiger partial charge in [0, 0.05) is 51.4 Å². The molecule has 0 atom stereocenters. The maximum Gasteiger partial charge on any atom is 0.193 e. The molecule has 134 valence electrons. The second-order valence-corrected chi connectivity index (χ2v) is 5.94. The van der Waals surface area contributed by atoms with Crippen LogP contribution in [-0.4, -0.2) is 36.1 Å². The number of nitrogens with one attached hydrogen (secondary N) is 1. The Bertz CT molecular complexity index is 804. The quantitative estimate of drug-likeness (QED) is 0.365. The van der Waals surface area contributed by atoms with Gasteiger partial charge in [-0.1, -0.05) is 18.2 Å². The van der Waals surface area contributed by atoms with Crippen molar-refractivity contribution in [3.8, 4) is 0 Å². The molecule has 0 aliphatic heterocycles. The summed E-state index contributed by atoms with van der Waals surface area (Å²) >= 11 is 0. The van der Waals surface area contributed by atoms with Crippen LogP contribution < -0.4 is 5.32 Å². The number of hydrogen-bond acceptors (Lipinski definition) is 2. The van der Waals surface area contributed by atoms with Gasteiger partial charge < -0.3 is 19.2 Å². The van der Waals surface area contributed by atoms with Crippen molar-refractivity contribution in [3.05, 3.63) is 60.1 Å². The standard InChI is InChI=1S/C19H24N4O.HI/c1-20-19(23(3)14-16-8-6-12-22(16)2)21-11-10-17-13-15-7-4-5-9-18(15)24-17;/h4-9,12-13H,10-11,14H2,1-3H3,(H,20,21);1H. The molecule has 5 nitrogen and oxygen atoms in total. The van der Waals surface area contributed by atoms with E-state index in [-0.39, 0.29) is 24.0 Å². The van der Waals surface area contributed by atoms with Gasteiger partial charge in [0.05, 0.1) is 6.54 Å². The molecule has 1 aromatic carbocycles. The lowest BCUT2D eigenvalue weighted by molar-refractivity contribution is 0.459. The van der Waals surface area contributed by atoms with Crippen molar-refractivity contribution in [2.75, 3.05) is 20.6 Å². The minimum atomic E-state index is 0. The molecule has 0 fully saturated rings. The van der Waals surface area contributed by atoms with Crippen molar-refractivity contribution < 1.29 is 4.42 Å². The van der Waals surface area contributed by atoms with Crippen molar-refractivity contribution in [1.82, 2.24) is 14.8 Å². The number of aryl methyl sites for hydroxylation is 1. The molecule has 6 heteroatoms.